The van der Waals surface area contributed by atoms with E-state index >= 15 is 0 Å². The summed E-state index contributed by atoms with van der Waals surface area (Å²) in [6.07, 6.45) is 0. The molecule has 0 saturated carbocycles. The maximum Gasteiger partial charge on any atom is 0.164 e. The van der Waals surface area contributed by atoms with Gasteiger partial charge in [-0.25, -0.2) is 15.0 Å². The predicted octanol–water partition coefficient (Wildman–Crippen LogP) is 11.7. The number of hydrogen-bond acceptors (Lipinski definition) is 3. The molecule has 0 aliphatic heterocycles. The van der Waals surface area contributed by atoms with Crippen molar-refractivity contribution < 1.29 is 0 Å². The van der Waals surface area contributed by atoms with Gasteiger partial charge in [0.2, 0.25) is 0 Å². The van der Waals surface area contributed by atoms with Crippen molar-refractivity contribution >= 4 is 10.8 Å². The summed E-state index contributed by atoms with van der Waals surface area (Å²) in [5.74, 6) is 1.95. The third-order valence-electron chi connectivity index (χ3n) is 9.89. The average Bonchev–Trinajstić information content (AvgIpc) is 3.40. The second-order valence-electron chi connectivity index (χ2n) is 13.3. The van der Waals surface area contributed by atoms with Gasteiger partial charge >= 0.3 is 0 Å². The summed E-state index contributed by atoms with van der Waals surface area (Å²) >= 11 is 0. The molecule has 1 aliphatic carbocycles. The first-order valence-electron chi connectivity index (χ1n) is 16.8. The second kappa shape index (κ2) is 11.5. The van der Waals surface area contributed by atoms with E-state index in [4.69, 9.17) is 15.0 Å². The first-order valence-corrected chi connectivity index (χ1v) is 16.8. The lowest BCUT2D eigenvalue weighted by molar-refractivity contribution is 0.660. The highest BCUT2D eigenvalue weighted by Crippen LogP contribution is 2.49. The standard InChI is InChI=1S/C46H33N3/c1-46(2)41-20-12-11-19-39(41)40-24-23-35(29-42(40)46)37-26-36(34-22-21-30-13-9-10-18-33(30)25-34)27-38(28-37)45-48-43(31-14-5-3-6-15-31)47-44(49-45)32-16-7-4-8-17-32/h3-29H,1-2H3. The molecule has 0 N–H and O–H groups in total. The van der Waals surface area contributed by atoms with Gasteiger partial charge in [0, 0.05) is 22.1 Å². The van der Waals surface area contributed by atoms with E-state index in [0.29, 0.717) is 17.5 Å². The molecule has 0 spiro atoms. The minimum atomic E-state index is -0.0932. The van der Waals surface area contributed by atoms with Gasteiger partial charge in [-0.1, -0.05) is 147 Å². The first kappa shape index (κ1) is 29.0. The van der Waals surface area contributed by atoms with Crippen molar-refractivity contribution in [3.8, 4) is 67.5 Å². The van der Waals surface area contributed by atoms with Crippen molar-refractivity contribution in [1.29, 1.82) is 0 Å². The van der Waals surface area contributed by atoms with Gasteiger partial charge in [-0.3, -0.25) is 0 Å². The Balaban J connectivity index is 1.26. The maximum absolute atomic E-state index is 5.10. The summed E-state index contributed by atoms with van der Waals surface area (Å²) in [7, 11) is 0. The van der Waals surface area contributed by atoms with E-state index in [1.54, 1.807) is 0 Å². The molecule has 1 aromatic heterocycles. The number of nitrogens with zero attached hydrogens (tertiary/aromatic N) is 3. The smallest absolute Gasteiger partial charge is 0.164 e. The maximum atomic E-state index is 5.10. The van der Waals surface area contributed by atoms with Crippen LogP contribution in [0.4, 0.5) is 0 Å². The molecule has 3 heteroatoms. The van der Waals surface area contributed by atoms with Gasteiger partial charge in [0.1, 0.15) is 0 Å². The van der Waals surface area contributed by atoms with E-state index < -0.39 is 0 Å². The third-order valence-corrected chi connectivity index (χ3v) is 9.89. The Labute approximate surface area is 286 Å². The normalized spacial score (nSPS) is 12.9. The zero-order valence-electron chi connectivity index (χ0n) is 27.4. The minimum Gasteiger partial charge on any atom is -0.208 e. The molecule has 0 amide bonds. The fourth-order valence-corrected chi connectivity index (χ4v) is 7.28. The molecule has 0 fully saturated rings. The van der Waals surface area contributed by atoms with Gasteiger partial charge in [0.15, 0.2) is 17.5 Å². The Morgan fingerprint density at radius 2 is 0.816 bits per heavy atom. The molecule has 9 rings (SSSR count). The molecule has 49 heavy (non-hydrogen) atoms. The highest BCUT2D eigenvalue weighted by molar-refractivity contribution is 5.90. The van der Waals surface area contributed by atoms with Crippen molar-refractivity contribution in [3.63, 3.8) is 0 Å². The van der Waals surface area contributed by atoms with Gasteiger partial charge < -0.3 is 0 Å². The molecular formula is C46H33N3. The van der Waals surface area contributed by atoms with Crippen LogP contribution >= 0.6 is 0 Å². The number of hydrogen-bond donors (Lipinski definition) is 0. The van der Waals surface area contributed by atoms with E-state index in [0.717, 1.165) is 33.4 Å². The highest BCUT2D eigenvalue weighted by atomic mass is 15.0. The van der Waals surface area contributed by atoms with Crippen LogP contribution < -0.4 is 0 Å². The van der Waals surface area contributed by atoms with E-state index in [9.17, 15) is 0 Å². The number of benzene rings is 7. The van der Waals surface area contributed by atoms with E-state index in [-0.39, 0.29) is 5.41 Å². The van der Waals surface area contributed by atoms with E-state index in [2.05, 4.69) is 141 Å². The molecule has 0 atom stereocenters. The van der Waals surface area contributed by atoms with Crippen molar-refractivity contribution in [1.82, 2.24) is 15.0 Å². The Bertz CT molecular complexity index is 2460. The van der Waals surface area contributed by atoms with Gasteiger partial charge in [-0.15, -0.1) is 0 Å². The van der Waals surface area contributed by atoms with Gasteiger partial charge in [0.25, 0.3) is 0 Å². The van der Waals surface area contributed by atoms with Crippen LogP contribution in [0.3, 0.4) is 0 Å². The van der Waals surface area contributed by atoms with Crippen LogP contribution in [0.15, 0.2) is 164 Å². The van der Waals surface area contributed by atoms with Crippen LogP contribution in [0, 0.1) is 0 Å². The minimum absolute atomic E-state index is 0.0932. The summed E-state index contributed by atoms with van der Waals surface area (Å²) in [5, 5.41) is 2.43. The van der Waals surface area contributed by atoms with E-state index in [1.807, 2.05) is 36.4 Å². The van der Waals surface area contributed by atoms with Crippen LogP contribution in [-0.4, -0.2) is 15.0 Å². The lowest BCUT2D eigenvalue weighted by Gasteiger charge is -2.22. The molecule has 1 heterocycles. The predicted molar refractivity (Wildman–Crippen MR) is 202 cm³/mol. The second-order valence-corrected chi connectivity index (χ2v) is 13.3. The first-order chi connectivity index (χ1) is 24.0. The summed E-state index contributed by atoms with van der Waals surface area (Å²) < 4.78 is 0. The lowest BCUT2D eigenvalue weighted by atomic mass is 9.81. The molecule has 0 radical (unpaired) electrons. The van der Waals surface area contributed by atoms with E-state index in [1.165, 1.54) is 38.6 Å². The zero-order valence-corrected chi connectivity index (χ0v) is 27.4. The van der Waals surface area contributed by atoms with Gasteiger partial charge in [0.05, 0.1) is 0 Å². The number of aromatic nitrogens is 3. The number of fused-ring (bicyclic) bond motifs is 4. The fourth-order valence-electron chi connectivity index (χ4n) is 7.28. The summed E-state index contributed by atoms with van der Waals surface area (Å²) in [5.41, 5.74) is 12.7. The van der Waals surface area contributed by atoms with Crippen molar-refractivity contribution in [2.75, 3.05) is 0 Å². The lowest BCUT2D eigenvalue weighted by Crippen LogP contribution is -2.14. The molecular weight excluding hydrogens is 595 g/mol. The van der Waals surface area contributed by atoms with Crippen LogP contribution in [0.5, 0.6) is 0 Å². The largest absolute Gasteiger partial charge is 0.208 e. The molecule has 0 saturated heterocycles. The number of rotatable bonds is 5. The average molecular weight is 628 g/mol. The van der Waals surface area contributed by atoms with Crippen LogP contribution in [0.2, 0.25) is 0 Å². The highest BCUT2D eigenvalue weighted by Gasteiger charge is 2.35. The van der Waals surface area contributed by atoms with Crippen molar-refractivity contribution in [2.45, 2.75) is 19.3 Å². The van der Waals surface area contributed by atoms with Gasteiger partial charge in [-0.2, -0.15) is 0 Å². The van der Waals surface area contributed by atoms with Crippen LogP contribution in [-0.2, 0) is 5.41 Å². The molecule has 0 bridgehead atoms. The monoisotopic (exact) mass is 627 g/mol. The molecule has 7 aromatic carbocycles. The third kappa shape index (κ3) is 5.12. The van der Waals surface area contributed by atoms with Crippen LogP contribution in [0.25, 0.3) is 78.3 Å². The summed E-state index contributed by atoms with van der Waals surface area (Å²) in [6, 6.07) is 58.0. The zero-order chi connectivity index (χ0) is 33.0. The fraction of sp³-hybridized carbons (Fsp3) is 0.0652. The Hall–Kier alpha value is -6.19. The summed E-state index contributed by atoms with van der Waals surface area (Å²) in [4.78, 5) is 15.2. The topological polar surface area (TPSA) is 38.7 Å². The molecule has 8 aromatic rings. The molecule has 3 nitrogen and oxygen atoms in total. The Kier molecular flexibility index (Phi) is 6.80. The molecule has 0 unspecified atom stereocenters. The van der Waals surface area contributed by atoms with Crippen molar-refractivity contribution in [2.24, 2.45) is 0 Å². The van der Waals surface area contributed by atoms with Crippen LogP contribution in [0.1, 0.15) is 25.0 Å². The van der Waals surface area contributed by atoms with Crippen molar-refractivity contribution in [3.05, 3.63) is 175 Å². The summed E-state index contributed by atoms with van der Waals surface area (Å²) in [6.45, 7) is 4.67. The Morgan fingerprint density at radius 1 is 0.327 bits per heavy atom. The Morgan fingerprint density at radius 3 is 1.49 bits per heavy atom. The van der Waals surface area contributed by atoms with Gasteiger partial charge in [-0.05, 0) is 85.6 Å². The quantitative estimate of drug-likeness (QED) is 0.191. The molecule has 1 aliphatic rings. The molecule has 232 valence electrons. The SMILES string of the molecule is CC1(C)c2ccccc2-c2ccc(-c3cc(-c4ccc5ccccc5c4)cc(-c4nc(-c5ccccc5)nc(-c5ccccc5)n4)c3)cc21.